The molecule has 2 heterocycles. The molecule has 1 aliphatic rings. The molecule has 20 heavy (non-hydrogen) atoms. The minimum Gasteiger partial charge on any atom is -0.406 e. The second-order valence-corrected chi connectivity index (χ2v) is 4.55. The summed E-state index contributed by atoms with van der Waals surface area (Å²) in [5.74, 6) is -0.190. The first-order valence-corrected chi connectivity index (χ1v) is 6.06. The SMILES string of the molecule is FC(F)(F)Oc1ccc2c(c1)CC(c1cccnc1)N2. The van der Waals surface area contributed by atoms with Crippen LogP contribution in [0.3, 0.4) is 0 Å². The second kappa shape index (κ2) is 4.70. The molecule has 0 aliphatic carbocycles. The summed E-state index contributed by atoms with van der Waals surface area (Å²) in [6.45, 7) is 0. The molecule has 1 aromatic heterocycles. The average molecular weight is 280 g/mol. The Morgan fingerprint density at radius 2 is 2.10 bits per heavy atom. The summed E-state index contributed by atoms with van der Waals surface area (Å²) in [5.41, 5.74) is 2.64. The fourth-order valence-corrected chi connectivity index (χ4v) is 2.32. The van der Waals surface area contributed by atoms with Gasteiger partial charge in [0.2, 0.25) is 0 Å². The van der Waals surface area contributed by atoms with Crippen LogP contribution < -0.4 is 10.1 Å². The van der Waals surface area contributed by atoms with Crippen molar-refractivity contribution in [1.82, 2.24) is 4.98 Å². The van der Waals surface area contributed by atoms with E-state index in [2.05, 4.69) is 15.0 Å². The lowest BCUT2D eigenvalue weighted by Crippen LogP contribution is -2.17. The van der Waals surface area contributed by atoms with Crippen LogP contribution in [0.2, 0.25) is 0 Å². The quantitative estimate of drug-likeness (QED) is 0.911. The molecule has 0 spiro atoms. The molecule has 1 aromatic carbocycles. The lowest BCUT2D eigenvalue weighted by atomic mass is 10.0. The molecule has 0 bridgehead atoms. The predicted molar refractivity (Wildman–Crippen MR) is 67.4 cm³/mol. The van der Waals surface area contributed by atoms with Gasteiger partial charge in [-0.15, -0.1) is 13.2 Å². The summed E-state index contributed by atoms with van der Waals surface area (Å²) in [4.78, 5) is 4.04. The van der Waals surface area contributed by atoms with Crippen molar-refractivity contribution in [3.8, 4) is 5.75 Å². The van der Waals surface area contributed by atoms with Gasteiger partial charge in [0.15, 0.2) is 0 Å². The van der Waals surface area contributed by atoms with Crippen molar-refractivity contribution in [2.24, 2.45) is 0 Å². The summed E-state index contributed by atoms with van der Waals surface area (Å²) in [6.07, 6.45) is -0.628. The molecule has 1 unspecified atom stereocenters. The van der Waals surface area contributed by atoms with Crippen LogP contribution in [0, 0.1) is 0 Å². The highest BCUT2D eigenvalue weighted by atomic mass is 19.4. The molecule has 2 aromatic rings. The van der Waals surface area contributed by atoms with E-state index >= 15 is 0 Å². The highest BCUT2D eigenvalue weighted by Gasteiger charge is 2.32. The van der Waals surface area contributed by atoms with E-state index in [1.54, 1.807) is 18.5 Å². The fourth-order valence-electron chi connectivity index (χ4n) is 2.32. The summed E-state index contributed by atoms with van der Waals surface area (Å²) in [7, 11) is 0. The molecule has 1 atom stereocenters. The molecule has 0 saturated heterocycles. The monoisotopic (exact) mass is 280 g/mol. The first-order valence-electron chi connectivity index (χ1n) is 6.06. The molecular weight excluding hydrogens is 269 g/mol. The molecule has 1 aliphatic heterocycles. The van der Waals surface area contributed by atoms with Crippen LogP contribution in [0.1, 0.15) is 17.2 Å². The third-order valence-corrected chi connectivity index (χ3v) is 3.15. The van der Waals surface area contributed by atoms with E-state index in [0.717, 1.165) is 16.8 Å². The lowest BCUT2D eigenvalue weighted by Gasteiger charge is -2.10. The third-order valence-electron chi connectivity index (χ3n) is 3.15. The largest absolute Gasteiger partial charge is 0.573 e. The van der Waals surface area contributed by atoms with Crippen LogP contribution in [0.4, 0.5) is 18.9 Å². The highest BCUT2D eigenvalue weighted by molar-refractivity contribution is 5.60. The van der Waals surface area contributed by atoms with Gasteiger partial charge >= 0.3 is 6.36 Å². The summed E-state index contributed by atoms with van der Waals surface area (Å²) in [6, 6.07) is 8.13. The minimum absolute atomic E-state index is 0.0276. The molecule has 3 nitrogen and oxygen atoms in total. The Kier molecular flexibility index (Phi) is 3.00. The Bertz CT molecular complexity index is 614. The smallest absolute Gasteiger partial charge is 0.406 e. The van der Waals surface area contributed by atoms with Crippen molar-refractivity contribution < 1.29 is 17.9 Å². The van der Waals surface area contributed by atoms with E-state index in [1.165, 1.54) is 12.1 Å². The van der Waals surface area contributed by atoms with Gasteiger partial charge in [-0.1, -0.05) is 6.07 Å². The van der Waals surface area contributed by atoms with Crippen LogP contribution in [0.5, 0.6) is 5.75 Å². The van der Waals surface area contributed by atoms with Crippen LogP contribution in [0.15, 0.2) is 42.7 Å². The Morgan fingerprint density at radius 3 is 2.80 bits per heavy atom. The highest BCUT2D eigenvalue weighted by Crippen LogP contribution is 2.36. The van der Waals surface area contributed by atoms with Gasteiger partial charge < -0.3 is 10.1 Å². The van der Waals surface area contributed by atoms with Crippen molar-refractivity contribution in [3.63, 3.8) is 0 Å². The van der Waals surface area contributed by atoms with Crippen molar-refractivity contribution in [2.45, 2.75) is 18.8 Å². The number of hydrogen-bond donors (Lipinski definition) is 1. The van der Waals surface area contributed by atoms with E-state index in [4.69, 9.17) is 0 Å². The van der Waals surface area contributed by atoms with Crippen LogP contribution in [0.25, 0.3) is 0 Å². The number of halogens is 3. The molecule has 1 N–H and O–H groups in total. The summed E-state index contributed by atoms with van der Waals surface area (Å²) < 4.78 is 40.5. The molecule has 0 saturated carbocycles. The lowest BCUT2D eigenvalue weighted by molar-refractivity contribution is -0.274. The maximum absolute atomic E-state index is 12.2. The van der Waals surface area contributed by atoms with Crippen molar-refractivity contribution in [2.75, 3.05) is 5.32 Å². The normalized spacial score (nSPS) is 17.4. The van der Waals surface area contributed by atoms with E-state index < -0.39 is 6.36 Å². The molecule has 104 valence electrons. The zero-order valence-electron chi connectivity index (χ0n) is 10.3. The number of anilines is 1. The van der Waals surface area contributed by atoms with Gasteiger partial charge in [0.25, 0.3) is 0 Å². The number of aromatic nitrogens is 1. The number of alkyl halides is 3. The first kappa shape index (κ1) is 12.8. The Balaban J connectivity index is 1.80. The Morgan fingerprint density at radius 1 is 1.25 bits per heavy atom. The van der Waals surface area contributed by atoms with Gasteiger partial charge in [0, 0.05) is 18.1 Å². The summed E-state index contributed by atoms with van der Waals surface area (Å²) >= 11 is 0. The number of nitrogens with zero attached hydrogens (tertiary/aromatic N) is 1. The number of hydrogen-bond acceptors (Lipinski definition) is 3. The summed E-state index contributed by atoms with van der Waals surface area (Å²) in [5, 5.41) is 3.26. The zero-order chi connectivity index (χ0) is 14.2. The average Bonchev–Trinajstić information content (AvgIpc) is 2.81. The molecule has 3 rings (SSSR count). The topological polar surface area (TPSA) is 34.1 Å². The maximum Gasteiger partial charge on any atom is 0.573 e. The van der Waals surface area contributed by atoms with Crippen LogP contribution in [-0.4, -0.2) is 11.3 Å². The van der Waals surface area contributed by atoms with Gasteiger partial charge in [-0.2, -0.15) is 0 Å². The molecule has 0 amide bonds. The number of fused-ring (bicyclic) bond motifs is 1. The zero-order valence-corrected chi connectivity index (χ0v) is 10.3. The number of benzene rings is 1. The minimum atomic E-state index is -4.66. The van der Waals surface area contributed by atoms with Gasteiger partial charge in [0.1, 0.15) is 5.75 Å². The van der Waals surface area contributed by atoms with Gasteiger partial charge in [-0.3, -0.25) is 4.98 Å². The molecule has 6 heteroatoms. The molecule has 0 radical (unpaired) electrons. The third kappa shape index (κ3) is 2.68. The van der Waals surface area contributed by atoms with Crippen LogP contribution in [-0.2, 0) is 6.42 Å². The number of ether oxygens (including phenoxy) is 1. The Hall–Kier alpha value is -2.24. The van der Waals surface area contributed by atoms with Crippen molar-refractivity contribution in [3.05, 3.63) is 53.9 Å². The standard InChI is InChI=1S/C14H11F3N2O/c15-14(16,17)20-11-3-4-12-10(6-11)7-13(19-12)9-2-1-5-18-8-9/h1-6,8,13,19H,7H2. The van der Waals surface area contributed by atoms with E-state index in [9.17, 15) is 13.2 Å². The van der Waals surface area contributed by atoms with Crippen molar-refractivity contribution >= 4 is 5.69 Å². The predicted octanol–water partition coefficient (Wildman–Crippen LogP) is 3.69. The van der Waals surface area contributed by atoms with E-state index in [-0.39, 0.29) is 11.8 Å². The first-order chi connectivity index (χ1) is 9.51. The van der Waals surface area contributed by atoms with Crippen LogP contribution >= 0.6 is 0 Å². The maximum atomic E-state index is 12.2. The fraction of sp³-hybridized carbons (Fsp3) is 0.214. The van der Waals surface area contributed by atoms with E-state index in [0.29, 0.717) is 6.42 Å². The molecular formula is C14H11F3N2O. The number of nitrogens with one attached hydrogen (secondary N) is 1. The van der Waals surface area contributed by atoms with Gasteiger partial charge in [-0.05, 0) is 41.8 Å². The van der Waals surface area contributed by atoms with Gasteiger partial charge in [-0.25, -0.2) is 0 Å². The van der Waals surface area contributed by atoms with Gasteiger partial charge in [0.05, 0.1) is 6.04 Å². The Labute approximate surface area is 113 Å². The number of rotatable bonds is 2. The molecule has 0 fully saturated rings. The van der Waals surface area contributed by atoms with E-state index in [1.807, 2.05) is 12.1 Å². The second-order valence-electron chi connectivity index (χ2n) is 4.55. The number of pyridine rings is 1. The van der Waals surface area contributed by atoms with Crippen molar-refractivity contribution in [1.29, 1.82) is 0 Å².